The van der Waals surface area contributed by atoms with Crippen LogP contribution in [-0.2, 0) is 9.53 Å². The zero-order valence-electron chi connectivity index (χ0n) is 27.9. The summed E-state index contributed by atoms with van der Waals surface area (Å²) in [6, 6.07) is 50.8. The molecule has 2 heterocycles. The first-order chi connectivity index (χ1) is 25.0. The Morgan fingerprint density at radius 3 is 1.71 bits per heavy atom. The van der Waals surface area contributed by atoms with Gasteiger partial charge in [0, 0.05) is 22.3 Å². The average molecular weight is 661 g/mol. The normalized spacial score (nSPS) is 15.9. The molecule has 5 aromatic carbocycles. The highest BCUT2D eigenvalue weighted by atomic mass is 16.5. The van der Waals surface area contributed by atoms with Gasteiger partial charge in [-0.15, -0.1) is 0 Å². The first-order valence-electron chi connectivity index (χ1n) is 16.8. The van der Waals surface area contributed by atoms with Gasteiger partial charge >= 0.3 is 11.5 Å². The van der Waals surface area contributed by atoms with Crippen LogP contribution in [0.25, 0.3) is 45.8 Å². The molecule has 51 heavy (non-hydrogen) atoms. The van der Waals surface area contributed by atoms with Gasteiger partial charge < -0.3 is 9.84 Å². The Bertz CT molecular complexity index is 2380. The fraction of sp³-hybridized carbons (Fsp3) is 0.0213. The zero-order chi connectivity index (χ0) is 34.7. The van der Waals surface area contributed by atoms with E-state index in [-0.39, 0.29) is 22.7 Å². The van der Waals surface area contributed by atoms with Crippen LogP contribution in [0.5, 0.6) is 0 Å². The number of ether oxygens (including phenoxy) is 1. The van der Waals surface area contributed by atoms with Crippen molar-refractivity contribution in [2.45, 2.75) is 6.92 Å². The Kier molecular flexibility index (Phi) is 8.41. The summed E-state index contributed by atoms with van der Waals surface area (Å²) in [4.78, 5) is 14.2. The standard InChI is InChI=1S/C47H32O4/c1-31-16-14-15-25-38(31)43-30-37(29-42(51-43)35-21-10-4-11-22-35)44(36-23-12-5-13-24-36)45-46(48)39(47(45)49)26-32-27-40(33-17-6-2-7-18-33)50-41(28-32)34-19-8-3-9-20-34/h2-30H,1H3. The first-order valence-corrected chi connectivity index (χ1v) is 16.8. The van der Waals surface area contributed by atoms with Crippen molar-refractivity contribution in [1.82, 2.24) is 0 Å². The summed E-state index contributed by atoms with van der Waals surface area (Å²) in [7, 11) is 0. The van der Waals surface area contributed by atoms with E-state index >= 15 is 0 Å². The molecular weight excluding hydrogens is 629 g/mol. The van der Waals surface area contributed by atoms with E-state index in [4.69, 9.17) is 9.15 Å². The van der Waals surface area contributed by atoms with Gasteiger partial charge in [0.1, 0.15) is 11.5 Å². The molecule has 4 nitrogen and oxygen atoms in total. The van der Waals surface area contributed by atoms with E-state index in [0.29, 0.717) is 34.2 Å². The molecule has 0 saturated heterocycles. The number of hydrogen-bond donors (Lipinski definition) is 0. The molecule has 0 saturated carbocycles. The second-order valence-electron chi connectivity index (χ2n) is 12.4. The Balaban J connectivity index is 1.30. The van der Waals surface area contributed by atoms with Crippen molar-refractivity contribution in [2.24, 2.45) is 0 Å². The lowest BCUT2D eigenvalue weighted by Crippen LogP contribution is -2.31. The van der Waals surface area contributed by atoms with E-state index in [1.165, 1.54) is 0 Å². The highest BCUT2D eigenvalue weighted by molar-refractivity contribution is 6.30. The van der Waals surface area contributed by atoms with E-state index in [9.17, 15) is 9.90 Å². The summed E-state index contributed by atoms with van der Waals surface area (Å²) in [5.74, 6) is 1.93. The van der Waals surface area contributed by atoms with Crippen molar-refractivity contribution >= 4 is 29.0 Å². The molecule has 6 aromatic rings. The number of allylic oxidation sites excluding steroid dienone is 6. The molecule has 0 bridgehead atoms. The van der Waals surface area contributed by atoms with Gasteiger partial charge in [0.15, 0.2) is 5.78 Å². The van der Waals surface area contributed by atoms with Crippen molar-refractivity contribution in [3.8, 4) is 22.6 Å². The lowest BCUT2D eigenvalue weighted by atomic mass is 9.77. The van der Waals surface area contributed by atoms with Crippen molar-refractivity contribution in [3.05, 3.63) is 220 Å². The van der Waals surface area contributed by atoms with Crippen LogP contribution in [-0.4, -0.2) is 5.78 Å². The summed E-state index contributed by atoms with van der Waals surface area (Å²) >= 11 is 0. The van der Waals surface area contributed by atoms with Crippen LogP contribution >= 0.6 is 0 Å². The third kappa shape index (κ3) is 6.27. The van der Waals surface area contributed by atoms with Gasteiger partial charge in [-0.2, -0.15) is 0 Å². The largest absolute Gasteiger partial charge is 0.871 e. The summed E-state index contributed by atoms with van der Waals surface area (Å²) in [6.07, 6.45) is 5.54. The van der Waals surface area contributed by atoms with Crippen molar-refractivity contribution in [2.75, 3.05) is 0 Å². The topological polar surface area (TPSA) is 60.7 Å². The summed E-state index contributed by atoms with van der Waals surface area (Å²) < 4.78 is 12.9. The third-order valence-electron chi connectivity index (χ3n) is 9.05. The number of rotatable bonds is 7. The van der Waals surface area contributed by atoms with Gasteiger partial charge in [0.2, 0.25) is 0 Å². The number of ketones is 1. The first kappa shape index (κ1) is 31.5. The van der Waals surface area contributed by atoms with Gasteiger partial charge in [-0.05, 0) is 77.3 Å². The van der Waals surface area contributed by atoms with Crippen LogP contribution in [0, 0.1) is 6.92 Å². The number of carbonyl (C=O) groups excluding carboxylic acids is 1. The number of aryl methyl sites for hydroxylation is 1. The van der Waals surface area contributed by atoms with Gasteiger partial charge in [-0.3, -0.25) is 4.79 Å². The molecule has 0 unspecified atom stereocenters. The summed E-state index contributed by atoms with van der Waals surface area (Å²) in [5, 5.41) is 14.2. The van der Waals surface area contributed by atoms with Crippen LogP contribution in [0.3, 0.4) is 0 Å². The Hall–Kier alpha value is -6.78. The number of Topliss-reactive ketones (excluding diaryl/α,β-unsaturated/α-hetero) is 1. The van der Waals surface area contributed by atoms with E-state index in [0.717, 1.165) is 39.0 Å². The van der Waals surface area contributed by atoms with Crippen LogP contribution in [0.15, 0.2) is 197 Å². The number of hydrogen-bond acceptors (Lipinski definition) is 3. The molecule has 4 heteroatoms. The molecule has 0 N–H and O–H groups in total. The van der Waals surface area contributed by atoms with E-state index in [1.54, 1.807) is 6.08 Å². The van der Waals surface area contributed by atoms with E-state index < -0.39 is 0 Å². The van der Waals surface area contributed by atoms with Gasteiger partial charge in [0.25, 0.3) is 0 Å². The van der Waals surface area contributed by atoms with E-state index in [2.05, 4.69) is 0 Å². The van der Waals surface area contributed by atoms with Crippen molar-refractivity contribution in [3.63, 3.8) is 0 Å². The molecule has 2 aliphatic rings. The Morgan fingerprint density at radius 1 is 0.627 bits per heavy atom. The lowest BCUT2D eigenvalue weighted by molar-refractivity contribution is -0.300. The molecule has 1 aromatic heterocycles. The quantitative estimate of drug-likeness (QED) is 0.126. The van der Waals surface area contributed by atoms with E-state index in [1.807, 2.05) is 177 Å². The molecule has 0 spiro atoms. The molecule has 0 fully saturated rings. The highest BCUT2D eigenvalue weighted by Gasteiger charge is 2.33. The molecule has 1 aliphatic carbocycles. The molecule has 1 aliphatic heterocycles. The van der Waals surface area contributed by atoms with Gasteiger partial charge in [0.05, 0.1) is 23.3 Å². The maximum atomic E-state index is 14.2. The van der Waals surface area contributed by atoms with Crippen molar-refractivity contribution < 1.29 is 19.1 Å². The van der Waals surface area contributed by atoms with Crippen LogP contribution in [0.1, 0.15) is 27.8 Å². The average Bonchev–Trinajstić information content (AvgIpc) is 3.20. The predicted molar refractivity (Wildman–Crippen MR) is 202 cm³/mol. The van der Waals surface area contributed by atoms with Crippen LogP contribution < -0.4 is 5.11 Å². The second-order valence-corrected chi connectivity index (χ2v) is 12.4. The molecular formula is C47H32O4. The van der Waals surface area contributed by atoms with Gasteiger partial charge in [-0.1, -0.05) is 127 Å². The monoisotopic (exact) mass is 660 g/mol. The fourth-order valence-electron chi connectivity index (χ4n) is 6.47. The second kappa shape index (κ2) is 13.6. The predicted octanol–water partition coefficient (Wildman–Crippen LogP) is 10.3. The van der Waals surface area contributed by atoms with Crippen LogP contribution in [0.2, 0.25) is 0 Å². The van der Waals surface area contributed by atoms with Crippen LogP contribution in [0.4, 0.5) is 0 Å². The minimum Gasteiger partial charge on any atom is -0.871 e. The molecule has 0 amide bonds. The number of carbonyl (C=O) groups is 1. The fourth-order valence-corrected chi connectivity index (χ4v) is 6.47. The molecule has 0 atom stereocenters. The smallest absolute Gasteiger partial charge is 0.361 e. The molecule has 244 valence electrons. The maximum Gasteiger partial charge on any atom is 0.361 e. The molecule has 8 rings (SSSR count). The van der Waals surface area contributed by atoms with Crippen molar-refractivity contribution in [1.29, 1.82) is 0 Å². The third-order valence-corrected chi connectivity index (χ3v) is 9.05. The highest BCUT2D eigenvalue weighted by Crippen LogP contribution is 2.44. The minimum absolute atomic E-state index is 0.130. The molecule has 0 radical (unpaired) electrons. The summed E-state index contributed by atoms with van der Waals surface area (Å²) in [5.41, 5.74) is 7.68. The minimum atomic E-state index is -0.304. The number of benzene rings is 5. The summed E-state index contributed by atoms with van der Waals surface area (Å²) in [6.45, 7) is 2.04. The maximum absolute atomic E-state index is 14.2. The zero-order valence-corrected chi connectivity index (χ0v) is 27.9. The Morgan fingerprint density at radius 2 is 1.14 bits per heavy atom. The van der Waals surface area contributed by atoms with Gasteiger partial charge in [-0.25, -0.2) is 4.42 Å². The lowest BCUT2D eigenvalue weighted by Gasteiger charge is -2.33. The Labute approximate surface area is 297 Å². The SMILES string of the molecule is Cc1ccccc1C1=CC(=C(C2=C([O-])C(=Cc3cc(-c4ccccc4)[o+]c(-c4ccccc4)c3)C2=O)c2ccccc2)C=C(c2ccccc2)O1.